The summed E-state index contributed by atoms with van der Waals surface area (Å²) < 4.78 is 13.2. The Labute approximate surface area is 165 Å². The average Bonchev–Trinajstić information content (AvgIpc) is 2.73. The number of nitrogens with two attached hydrogens (primary N) is 1. The summed E-state index contributed by atoms with van der Waals surface area (Å²) in [6.45, 7) is 0. The van der Waals surface area contributed by atoms with Gasteiger partial charge in [-0.1, -0.05) is 48.2 Å². The molecule has 0 spiro atoms. The van der Waals surface area contributed by atoms with Gasteiger partial charge in [-0.25, -0.2) is 4.39 Å². The number of rotatable bonds is 5. The summed E-state index contributed by atoms with van der Waals surface area (Å²) in [5, 5.41) is 11.6. The predicted molar refractivity (Wildman–Crippen MR) is 109 cm³/mol. The van der Waals surface area contributed by atoms with Gasteiger partial charge in [0, 0.05) is 27.7 Å². The Kier molecular flexibility index (Phi) is 5.04. The molecule has 0 aliphatic carbocycles. The van der Waals surface area contributed by atoms with Crippen LogP contribution in [0.1, 0.15) is 15.9 Å². The highest BCUT2D eigenvalue weighted by atomic mass is 32.2. The van der Waals surface area contributed by atoms with Gasteiger partial charge in [0.25, 0.3) is 0 Å². The van der Waals surface area contributed by atoms with Crippen LogP contribution in [0, 0.1) is 5.82 Å². The Hall–Kier alpha value is -3.25. The van der Waals surface area contributed by atoms with Crippen LogP contribution in [0.2, 0.25) is 0 Å². The Morgan fingerprint density at radius 3 is 2.25 bits per heavy atom. The van der Waals surface area contributed by atoms with Crippen LogP contribution in [0.5, 0.6) is 0 Å². The lowest BCUT2D eigenvalue weighted by Crippen LogP contribution is -2.10. The van der Waals surface area contributed by atoms with Crippen LogP contribution in [0.15, 0.2) is 77.8 Å². The number of fused-ring (bicyclic) bond motifs is 1. The standard InChI is InChI=1S/C22H16FN3OS/c23-17-11-9-15(10-12-17)20-18-3-1-2-4-19(18)22(26-25-20)28-13-14-5-7-16(8-6-14)21(24)27/h1-12H,13H2,(H2,24,27). The largest absolute Gasteiger partial charge is 0.366 e. The first-order chi connectivity index (χ1) is 13.6. The second-order valence-corrected chi connectivity index (χ2v) is 7.22. The van der Waals surface area contributed by atoms with E-state index in [4.69, 9.17) is 5.73 Å². The van der Waals surface area contributed by atoms with Crippen LogP contribution < -0.4 is 5.73 Å². The minimum Gasteiger partial charge on any atom is -0.366 e. The van der Waals surface area contributed by atoms with Crippen molar-refractivity contribution in [3.8, 4) is 11.3 Å². The number of hydrogen-bond donors (Lipinski definition) is 1. The molecule has 2 N–H and O–H groups in total. The van der Waals surface area contributed by atoms with E-state index in [0.29, 0.717) is 11.3 Å². The molecule has 4 aromatic rings. The monoisotopic (exact) mass is 389 g/mol. The van der Waals surface area contributed by atoms with Crippen LogP contribution in [0.4, 0.5) is 4.39 Å². The summed E-state index contributed by atoms with van der Waals surface area (Å²) >= 11 is 1.57. The van der Waals surface area contributed by atoms with E-state index in [2.05, 4.69) is 10.2 Å². The van der Waals surface area contributed by atoms with Gasteiger partial charge in [0.05, 0.1) is 0 Å². The molecule has 28 heavy (non-hydrogen) atoms. The van der Waals surface area contributed by atoms with Gasteiger partial charge in [-0.05, 0) is 42.0 Å². The van der Waals surface area contributed by atoms with Crippen LogP contribution in [-0.2, 0) is 5.75 Å². The van der Waals surface area contributed by atoms with Crippen molar-refractivity contribution >= 4 is 28.4 Å². The van der Waals surface area contributed by atoms with Gasteiger partial charge in [0.1, 0.15) is 16.5 Å². The number of primary amides is 1. The second kappa shape index (κ2) is 7.78. The number of benzene rings is 3. The fraction of sp³-hybridized carbons (Fsp3) is 0.0455. The Balaban J connectivity index is 1.64. The first-order valence-corrected chi connectivity index (χ1v) is 9.63. The number of nitrogens with zero attached hydrogens (tertiary/aromatic N) is 2. The van der Waals surface area contributed by atoms with Gasteiger partial charge in [-0.15, -0.1) is 10.2 Å². The zero-order chi connectivity index (χ0) is 19.5. The van der Waals surface area contributed by atoms with E-state index in [1.165, 1.54) is 12.1 Å². The van der Waals surface area contributed by atoms with E-state index in [0.717, 1.165) is 32.6 Å². The molecular formula is C22H16FN3OS. The van der Waals surface area contributed by atoms with Gasteiger partial charge in [0.15, 0.2) is 0 Å². The van der Waals surface area contributed by atoms with E-state index in [1.54, 1.807) is 36.0 Å². The molecule has 1 amide bonds. The van der Waals surface area contributed by atoms with E-state index < -0.39 is 5.91 Å². The number of hydrogen-bond acceptors (Lipinski definition) is 4. The summed E-state index contributed by atoms with van der Waals surface area (Å²) in [5.74, 6) is -0.0313. The predicted octanol–water partition coefficient (Wildman–Crippen LogP) is 4.83. The third kappa shape index (κ3) is 3.73. The molecule has 0 fully saturated rings. The molecule has 0 aliphatic heterocycles. The van der Waals surface area contributed by atoms with Crippen molar-refractivity contribution in [1.29, 1.82) is 0 Å². The molecule has 138 valence electrons. The highest BCUT2D eigenvalue weighted by Gasteiger charge is 2.12. The Morgan fingerprint density at radius 1 is 0.893 bits per heavy atom. The fourth-order valence-electron chi connectivity index (χ4n) is 2.92. The maximum atomic E-state index is 13.2. The van der Waals surface area contributed by atoms with Crippen LogP contribution in [0.3, 0.4) is 0 Å². The van der Waals surface area contributed by atoms with Crippen molar-refractivity contribution in [2.45, 2.75) is 10.8 Å². The summed E-state index contributed by atoms with van der Waals surface area (Å²) in [7, 11) is 0. The van der Waals surface area contributed by atoms with Crippen LogP contribution >= 0.6 is 11.8 Å². The second-order valence-electron chi connectivity index (χ2n) is 6.26. The molecule has 0 aliphatic rings. The molecule has 0 saturated heterocycles. The summed E-state index contributed by atoms with van der Waals surface area (Å²) in [6.07, 6.45) is 0. The zero-order valence-electron chi connectivity index (χ0n) is 14.8. The smallest absolute Gasteiger partial charge is 0.248 e. The Bertz CT molecular complexity index is 1140. The molecule has 4 rings (SSSR count). The third-order valence-corrected chi connectivity index (χ3v) is 5.44. The lowest BCUT2D eigenvalue weighted by atomic mass is 10.1. The van der Waals surface area contributed by atoms with Gasteiger partial charge in [-0.2, -0.15) is 0 Å². The normalized spacial score (nSPS) is 10.9. The van der Waals surface area contributed by atoms with Gasteiger partial charge < -0.3 is 5.73 Å². The lowest BCUT2D eigenvalue weighted by Gasteiger charge is -2.09. The van der Waals surface area contributed by atoms with Gasteiger partial charge >= 0.3 is 0 Å². The number of amides is 1. The SMILES string of the molecule is NC(=O)c1ccc(CSc2nnc(-c3ccc(F)cc3)c3ccccc23)cc1. The molecule has 0 atom stereocenters. The van der Waals surface area contributed by atoms with Crippen LogP contribution in [-0.4, -0.2) is 16.1 Å². The van der Waals surface area contributed by atoms with Crippen molar-refractivity contribution in [2.75, 3.05) is 0 Å². The number of thioether (sulfide) groups is 1. The molecule has 3 aromatic carbocycles. The molecule has 0 saturated carbocycles. The molecule has 1 heterocycles. The molecule has 4 nitrogen and oxygen atoms in total. The third-order valence-electron chi connectivity index (χ3n) is 4.39. The zero-order valence-corrected chi connectivity index (χ0v) is 15.6. The van der Waals surface area contributed by atoms with Crippen molar-refractivity contribution < 1.29 is 9.18 Å². The van der Waals surface area contributed by atoms with Gasteiger partial charge in [-0.3, -0.25) is 4.79 Å². The number of halogens is 1. The topological polar surface area (TPSA) is 68.9 Å². The molecular weight excluding hydrogens is 373 g/mol. The highest BCUT2D eigenvalue weighted by molar-refractivity contribution is 7.98. The van der Waals surface area contributed by atoms with Crippen LogP contribution in [0.25, 0.3) is 22.0 Å². The Morgan fingerprint density at radius 2 is 1.57 bits per heavy atom. The lowest BCUT2D eigenvalue weighted by molar-refractivity contribution is 0.100. The van der Waals surface area contributed by atoms with Crippen molar-refractivity contribution in [2.24, 2.45) is 5.73 Å². The number of carbonyl (C=O) groups excluding carboxylic acids is 1. The first kappa shape index (κ1) is 18.1. The maximum Gasteiger partial charge on any atom is 0.248 e. The minimum absolute atomic E-state index is 0.282. The molecule has 0 bridgehead atoms. The number of carbonyl (C=O) groups is 1. The first-order valence-electron chi connectivity index (χ1n) is 8.65. The fourth-order valence-corrected chi connectivity index (χ4v) is 3.85. The van der Waals surface area contributed by atoms with Gasteiger partial charge in [0.2, 0.25) is 5.91 Å². The summed E-state index contributed by atoms with van der Waals surface area (Å²) in [5.41, 5.74) is 8.38. The van der Waals surface area contributed by atoms with Crippen molar-refractivity contribution in [3.05, 3.63) is 89.7 Å². The van der Waals surface area contributed by atoms with E-state index in [1.807, 2.05) is 36.4 Å². The minimum atomic E-state index is -0.438. The molecule has 0 radical (unpaired) electrons. The quantitative estimate of drug-likeness (QED) is 0.497. The van der Waals surface area contributed by atoms with Crippen molar-refractivity contribution in [1.82, 2.24) is 10.2 Å². The summed E-state index contributed by atoms with van der Waals surface area (Å²) in [4.78, 5) is 11.2. The van der Waals surface area contributed by atoms with Crippen molar-refractivity contribution in [3.63, 3.8) is 0 Å². The number of aromatic nitrogens is 2. The maximum absolute atomic E-state index is 13.2. The highest BCUT2D eigenvalue weighted by Crippen LogP contribution is 2.33. The average molecular weight is 389 g/mol. The molecule has 1 aromatic heterocycles. The molecule has 0 unspecified atom stereocenters. The summed E-state index contributed by atoms with van der Waals surface area (Å²) in [6, 6.07) is 21.4. The van der Waals surface area contributed by atoms with E-state index in [-0.39, 0.29) is 5.82 Å². The van der Waals surface area contributed by atoms with E-state index in [9.17, 15) is 9.18 Å². The van der Waals surface area contributed by atoms with E-state index >= 15 is 0 Å². The molecule has 6 heteroatoms.